The largest absolute Gasteiger partial charge is 0.443 e. The Bertz CT molecular complexity index is 823. The zero-order valence-electron chi connectivity index (χ0n) is 10.3. The van der Waals surface area contributed by atoms with Gasteiger partial charge in [0.15, 0.2) is 5.01 Å². The van der Waals surface area contributed by atoms with Crippen molar-refractivity contribution in [2.75, 3.05) is 0 Å². The molecule has 2 heterocycles. The number of nitrogens with zero attached hydrogens (tertiary/aromatic N) is 3. The highest BCUT2D eigenvalue weighted by molar-refractivity contribution is 7.14. The molecule has 0 unspecified atom stereocenters. The van der Waals surface area contributed by atoms with Crippen LogP contribution in [0.5, 0.6) is 0 Å². The van der Waals surface area contributed by atoms with Gasteiger partial charge < -0.3 is 0 Å². The SMILES string of the molecule is O=C(c1cnc(C(F)(F)F)s1)c1cccc2nccnc12. The molecule has 3 rings (SSSR count). The predicted molar refractivity (Wildman–Crippen MR) is 70.1 cm³/mol. The summed E-state index contributed by atoms with van der Waals surface area (Å²) in [5, 5.41) is -1.04. The molecular weight excluding hydrogens is 303 g/mol. The third-order valence-corrected chi connectivity index (χ3v) is 3.76. The van der Waals surface area contributed by atoms with Crippen molar-refractivity contribution in [2.45, 2.75) is 6.18 Å². The molecule has 3 aromatic rings. The number of aromatic nitrogens is 3. The average Bonchev–Trinajstić information content (AvgIpc) is 2.96. The summed E-state index contributed by atoms with van der Waals surface area (Å²) in [5.41, 5.74) is 1.06. The summed E-state index contributed by atoms with van der Waals surface area (Å²) in [6, 6.07) is 4.79. The Labute approximate surface area is 120 Å². The molecule has 0 bridgehead atoms. The van der Waals surface area contributed by atoms with Crippen molar-refractivity contribution in [3.8, 4) is 0 Å². The summed E-state index contributed by atoms with van der Waals surface area (Å²) in [7, 11) is 0. The van der Waals surface area contributed by atoms with Crippen LogP contribution in [0.3, 0.4) is 0 Å². The molecule has 0 fully saturated rings. The van der Waals surface area contributed by atoms with Crippen molar-refractivity contribution in [1.82, 2.24) is 15.0 Å². The Morgan fingerprint density at radius 2 is 1.86 bits per heavy atom. The Kier molecular flexibility index (Phi) is 3.17. The number of thiazole rings is 1. The highest BCUT2D eigenvalue weighted by Crippen LogP contribution is 2.33. The van der Waals surface area contributed by atoms with Crippen molar-refractivity contribution >= 4 is 28.2 Å². The predicted octanol–water partition coefficient (Wildman–Crippen LogP) is 3.34. The van der Waals surface area contributed by atoms with Crippen LogP contribution in [0.4, 0.5) is 13.2 Å². The molecule has 0 atom stereocenters. The number of hydrogen-bond donors (Lipinski definition) is 0. The Balaban J connectivity index is 2.07. The highest BCUT2D eigenvalue weighted by atomic mass is 32.1. The first kappa shape index (κ1) is 13.6. The molecular formula is C13H6F3N3OS. The molecule has 0 aliphatic carbocycles. The number of ketones is 1. The van der Waals surface area contributed by atoms with Gasteiger partial charge in [-0.3, -0.25) is 14.8 Å². The van der Waals surface area contributed by atoms with Gasteiger partial charge in [0.25, 0.3) is 0 Å². The Hall–Kier alpha value is -2.35. The molecule has 0 saturated carbocycles. The molecule has 21 heavy (non-hydrogen) atoms. The second kappa shape index (κ2) is 4.88. The van der Waals surface area contributed by atoms with E-state index in [-0.39, 0.29) is 10.4 Å². The van der Waals surface area contributed by atoms with E-state index in [9.17, 15) is 18.0 Å². The minimum atomic E-state index is -4.55. The number of benzene rings is 1. The zero-order chi connectivity index (χ0) is 15.0. The lowest BCUT2D eigenvalue weighted by Crippen LogP contribution is -2.03. The number of carbonyl (C=O) groups is 1. The fourth-order valence-electron chi connectivity index (χ4n) is 1.82. The van der Waals surface area contributed by atoms with Crippen LogP contribution in [-0.2, 0) is 6.18 Å². The Morgan fingerprint density at radius 3 is 2.57 bits per heavy atom. The van der Waals surface area contributed by atoms with Crippen molar-refractivity contribution in [3.05, 3.63) is 52.2 Å². The quantitative estimate of drug-likeness (QED) is 0.681. The lowest BCUT2D eigenvalue weighted by Gasteiger charge is -2.02. The van der Waals surface area contributed by atoms with Crippen LogP contribution >= 0.6 is 11.3 Å². The van der Waals surface area contributed by atoms with Crippen molar-refractivity contribution in [3.63, 3.8) is 0 Å². The number of halogens is 3. The van der Waals surface area contributed by atoms with Gasteiger partial charge in [0.05, 0.1) is 21.5 Å². The Morgan fingerprint density at radius 1 is 1.10 bits per heavy atom. The second-order valence-electron chi connectivity index (χ2n) is 4.09. The molecule has 0 radical (unpaired) electrons. The van der Waals surface area contributed by atoms with Crippen molar-refractivity contribution < 1.29 is 18.0 Å². The van der Waals surface area contributed by atoms with E-state index in [0.717, 1.165) is 6.20 Å². The third kappa shape index (κ3) is 2.49. The van der Waals surface area contributed by atoms with Gasteiger partial charge in [0.1, 0.15) is 0 Å². The summed E-state index contributed by atoms with van der Waals surface area (Å²) < 4.78 is 37.6. The third-order valence-electron chi connectivity index (χ3n) is 2.72. The standard InChI is InChI=1S/C13H6F3N3OS/c14-13(15,16)12-19-6-9(21-12)11(20)7-2-1-3-8-10(7)18-5-4-17-8/h1-6H. The topological polar surface area (TPSA) is 55.7 Å². The summed E-state index contributed by atoms with van der Waals surface area (Å²) in [6.07, 6.45) is -0.718. The minimum absolute atomic E-state index is 0.0829. The van der Waals surface area contributed by atoms with Gasteiger partial charge in [0.2, 0.25) is 5.78 Å². The summed E-state index contributed by atoms with van der Waals surface area (Å²) in [4.78, 5) is 23.6. The van der Waals surface area contributed by atoms with Crippen molar-refractivity contribution in [2.24, 2.45) is 0 Å². The fraction of sp³-hybridized carbons (Fsp3) is 0.0769. The van der Waals surface area contributed by atoms with Gasteiger partial charge in [-0.2, -0.15) is 13.2 Å². The van der Waals surface area contributed by atoms with Crippen LogP contribution in [0.1, 0.15) is 20.2 Å². The lowest BCUT2D eigenvalue weighted by molar-refractivity contribution is -0.137. The first-order chi connectivity index (χ1) is 9.97. The number of carbonyl (C=O) groups excluding carboxylic acids is 1. The molecule has 4 nitrogen and oxygen atoms in total. The molecule has 0 aliphatic heterocycles. The number of fused-ring (bicyclic) bond motifs is 1. The van der Waals surface area contributed by atoms with Crippen LogP contribution in [-0.4, -0.2) is 20.7 Å². The molecule has 0 N–H and O–H groups in total. The molecule has 8 heteroatoms. The van der Waals surface area contributed by atoms with Crippen LogP contribution in [0.2, 0.25) is 0 Å². The van der Waals surface area contributed by atoms with Crippen LogP contribution in [0.25, 0.3) is 11.0 Å². The van der Waals surface area contributed by atoms with E-state index in [1.807, 2.05) is 0 Å². The molecule has 1 aromatic carbocycles. The van der Waals surface area contributed by atoms with Gasteiger partial charge in [0, 0.05) is 18.6 Å². The highest BCUT2D eigenvalue weighted by Gasteiger charge is 2.35. The number of para-hydroxylation sites is 1. The van der Waals surface area contributed by atoms with Gasteiger partial charge >= 0.3 is 6.18 Å². The van der Waals surface area contributed by atoms with E-state index < -0.39 is 17.0 Å². The summed E-state index contributed by atoms with van der Waals surface area (Å²) in [5.74, 6) is -0.547. The average molecular weight is 309 g/mol. The maximum Gasteiger partial charge on any atom is 0.443 e. The van der Waals surface area contributed by atoms with Crippen LogP contribution in [0.15, 0.2) is 36.8 Å². The first-order valence-electron chi connectivity index (χ1n) is 5.74. The second-order valence-corrected chi connectivity index (χ2v) is 5.12. The van der Waals surface area contributed by atoms with Gasteiger partial charge in [-0.1, -0.05) is 6.07 Å². The van der Waals surface area contributed by atoms with E-state index in [4.69, 9.17) is 0 Å². The molecule has 106 valence electrons. The van der Waals surface area contributed by atoms with E-state index in [1.165, 1.54) is 18.5 Å². The maximum atomic E-state index is 12.5. The molecule has 0 aliphatic rings. The summed E-state index contributed by atoms with van der Waals surface area (Å²) >= 11 is 0.317. The minimum Gasteiger partial charge on any atom is -0.288 e. The van der Waals surface area contributed by atoms with Crippen molar-refractivity contribution in [1.29, 1.82) is 0 Å². The molecule has 0 saturated heterocycles. The van der Waals surface area contributed by atoms with E-state index in [0.29, 0.717) is 22.4 Å². The van der Waals surface area contributed by atoms with E-state index in [2.05, 4.69) is 15.0 Å². The molecule has 2 aromatic heterocycles. The van der Waals surface area contributed by atoms with Gasteiger partial charge in [-0.25, -0.2) is 4.98 Å². The molecule has 0 spiro atoms. The number of alkyl halides is 3. The lowest BCUT2D eigenvalue weighted by atomic mass is 10.1. The smallest absolute Gasteiger partial charge is 0.288 e. The fourth-order valence-corrected chi connectivity index (χ4v) is 2.56. The molecule has 0 amide bonds. The van der Waals surface area contributed by atoms with Gasteiger partial charge in [-0.15, -0.1) is 11.3 Å². The zero-order valence-corrected chi connectivity index (χ0v) is 11.1. The normalized spacial score (nSPS) is 11.8. The number of hydrogen-bond acceptors (Lipinski definition) is 5. The van der Waals surface area contributed by atoms with Gasteiger partial charge in [-0.05, 0) is 12.1 Å². The maximum absolute atomic E-state index is 12.5. The summed E-state index contributed by atoms with van der Waals surface area (Å²) in [6.45, 7) is 0. The number of rotatable bonds is 2. The van der Waals surface area contributed by atoms with E-state index >= 15 is 0 Å². The van der Waals surface area contributed by atoms with E-state index in [1.54, 1.807) is 12.1 Å². The van der Waals surface area contributed by atoms with Crippen LogP contribution in [0, 0.1) is 0 Å². The first-order valence-corrected chi connectivity index (χ1v) is 6.56. The van der Waals surface area contributed by atoms with Crippen LogP contribution < -0.4 is 0 Å². The monoisotopic (exact) mass is 309 g/mol.